The first-order chi connectivity index (χ1) is 7.70. The van der Waals surface area contributed by atoms with Crippen LogP contribution >= 0.6 is 0 Å². The van der Waals surface area contributed by atoms with E-state index >= 15 is 0 Å². The van der Waals surface area contributed by atoms with E-state index in [2.05, 4.69) is 4.90 Å². The molecule has 1 aliphatic rings. The second kappa shape index (κ2) is 4.49. The van der Waals surface area contributed by atoms with Gasteiger partial charge in [-0.15, -0.1) is 0 Å². The van der Waals surface area contributed by atoms with Crippen molar-refractivity contribution in [2.75, 3.05) is 13.6 Å². The van der Waals surface area contributed by atoms with Crippen molar-refractivity contribution in [3.8, 4) is 0 Å². The van der Waals surface area contributed by atoms with Crippen molar-refractivity contribution >= 4 is 5.97 Å². The molecular formula is C13H15NO2. The minimum absolute atomic E-state index is 0.118. The summed E-state index contributed by atoms with van der Waals surface area (Å²) in [5.74, 6) is -0.819. The first kappa shape index (κ1) is 10.9. The molecule has 1 aliphatic heterocycles. The summed E-state index contributed by atoms with van der Waals surface area (Å²) in [6.07, 6.45) is 2.64. The maximum Gasteiger partial charge on any atom is 0.333 e. The molecule has 0 spiro atoms. The summed E-state index contributed by atoms with van der Waals surface area (Å²) in [6.45, 7) is 0.899. The molecule has 1 aromatic carbocycles. The zero-order valence-electron chi connectivity index (χ0n) is 9.26. The van der Waals surface area contributed by atoms with Crippen molar-refractivity contribution in [2.24, 2.45) is 0 Å². The highest BCUT2D eigenvalue weighted by molar-refractivity contribution is 5.88. The van der Waals surface area contributed by atoms with Crippen LogP contribution in [-0.4, -0.2) is 29.6 Å². The number of aliphatic carboxylic acids is 1. The Morgan fingerprint density at radius 2 is 2.06 bits per heavy atom. The molecule has 0 fully saturated rings. The van der Waals surface area contributed by atoms with Gasteiger partial charge in [0.05, 0.1) is 11.6 Å². The summed E-state index contributed by atoms with van der Waals surface area (Å²) in [5.41, 5.74) is 1.53. The van der Waals surface area contributed by atoms with Gasteiger partial charge < -0.3 is 5.11 Å². The minimum Gasteiger partial charge on any atom is -0.478 e. The van der Waals surface area contributed by atoms with Gasteiger partial charge in [-0.1, -0.05) is 36.4 Å². The molecule has 3 heteroatoms. The van der Waals surface area contributed by atoms with Gasteiger partial charge in [0.2, 0.25) is 0 Å². The van der Waals surface area contributed by atoms with Crippen LogP contribution in [0.4, 0.5) is 0 Å². The molecule has 1 atom stereocenters. The van der Waals surface area contributed by atoms with E-state index in [9.17, 15) is 9.90 Å². The van der Waals surface area contributed by atoms with Crippen molar-refractivity contribution in [2.45, 2.75) is 12.5 Å². The van der Waals surface area contributed by atoms with E-state index in [1.807, 2.05) is 43.5 Å². The van der Waals surface area contributed by atoms with E-state index in [1.165, 1.54) is 0 Å². The van der Waals surface area contributed by atoms with Crippen LogP contribution in [-0.2, 0) is 4.79 Å². The van der Waals surface area contributed by atoms with E-state index in [1.54, 1.807) is 0 Å². The van der Waals surface area contributed by atoms with E-state index in [-0.39, 0.29) is 6.04 Å². The van der Waals surface area contributed by atoms with E-state index in [0.29, 0.717) is 5.57 Å². The number of nitrogens with zero attached hydrogens (tertiary/aromatic N) is 1. The van der Waals surface area contributed by atoms with E-state index in [0.717, 1.165) is 18.5 Å². The average Bonchev–Trinajstić information content (AvgIpc) is 2.29. The predicted octanol–water partition coefficient (Wildman–Crippen LogP) is 2.07. The van der Waals surface area contributed by atoms with Crippen LogP contribution < -0.4 is 0 Å². The molecule has 3 nitrogen and oxygen atoms in total. The summed E-state index contributed by atoms with van der Waals surface area (Å²) in [7, 11) is 1.97. The van der Waals surface area contributed by atoms with Crippen molar-refractivity contribution in [1.82, 2.24) is 4.90 Å². The zero-order chi connectivity index (χ0) is 11.5. The van der Waals surface area contributed by atoms with Gasteiger partial charge in [-0.25, -0.2) is 4.79 Å². The van der Waals surface area contributed by atoms with Crippen molar-refractivity contribution in [1.29, 1.82) is 0 Å². The Kier molecular flexibility index (Phi) is 3.06. The zero-order valence-corrected chi connectivity index (χ0v) is 9.26. The lowest BCUT2D eigenvalue weighted by molar-refractivity contribution is -0.133. The number of hydrogen-bond acceptors (Lipinski definition) is 2. The third kappa shape index (κ3) is 1.99. The Balaban J connectivity index is 2.39. The summed E-state index contributed by atoms with van der Waals surface area (Å²) in [6, 6.07) is 9.66. The molecule has 0 saturated carbocycles. The molecule has 1 N–H and O–H groups in total. The second-order valence-electron chi connectivity index (χ2n) is 4.05. The normalized spacial score (nSPS) is 21.6. The van der Waals surface area contributed by atoms with Gasteiger partial charge in [0.15, 0.2) is 0 Å². The molecule has 0 saturated heterocycles. The van der Waals surface area contributed by atoms with Gasteiger partial charge in [-0.05, 0) is 19.0 Å². The topological polar surface area (TPSA) is 40.5 Å². The quantitative estimate of drug-likeness (QED) is 0.824. The van der Waals surface area contributed by atoms with Crippen LogP contribution in [0, 0.1) is 0 Å². The lowest BCUT2D eigenvalue weighted by atomic mass is 9.93. The Bertz CT molecular complexity index is 411. The largest absolute Gasteiger partial charge is 0.478 e. The van der Waals surface area contributed by atoms with Gasteiger partial charge in [-0.2, -0.15) is 0 Å². The van der Waals surface area contributed by atoms with E-state index in [4.69, 9.17) is 0 Å². The monoisotopic (exact) mass is 217 g/mol. The summed E-state index contributed by atoms with van der Waals surface area (Å²) in [4.78, 5) is 13.3. The maximum atomic E-state index is 11.2. The number of carboxylic acids is 1. The number of hydrogen-bond donors (Lipinski definition) is 1. The van der Waals surface area contributed by atoms with Crippen LogP contribution in [0.15, 0.2) is 42.0 Å². The van der Waals surface area contributed by atoms with Crippen LogP contribution in [0.3, 0.4) is 0 Å². The van der Waals surface area contributed by atoms with Crippen molar-refractivity contribution in [3.05, 3.63) is 47.5 Å². The third-order valence-electron chi connectivity index (χ3n) is 2.94. The highest BCUT2D eigenvalue weighted by atomic mass is 16.4. The first-order valence-electron chi connectivity index (χ1n) is 5.38. The lowest BCUT2D eigenvalue weighted by Crippen LogP contribution is -2.32. The fraction of sp³-hybridized carbons (Fsp3) is 0.308. The predicted molar refractivity (Wildman–Crippen MR) is 62.1 cm³/mol. The van der Waals surface area contributed by atoms with Crippen LogP contribution in [0.1, 0.15) is 18.0 Å². The average molecular weight is 217 g/mol. The SMILES string of the molecule is CN1CCC=C(C(=O)O)C1c1ccccc1. The Labute approximate surface area is 95.0 Å². The molecule has 1 unspecified atom stereocenters. The molecule has 1 heterocycles. The maximum absolute atomic E-state index is 11.2. The fourth-order valence-electron chi connectivity index (χ4n) is 2.18. The molecule has 0 aromatic heterocycles. The number of carbonyl (C=O) groups is 1. The number of benzene rings is 1. The number of carboxylic acid groups (broad SMARTS) is 1. The molecule has 0 bridgehead atoms. The van der Waals surface area contributed by atoms with Crippen LogP contribution in [0.5, 0.6) is 0 Å². The smallest absolute Gasteiger partial charge is 0.333 e. The standard InChI is InChI=1S/C13H15NO2/c1-14-9-5-8-11(13(15)16)12(14)10-6-3-2-4-7-10/h2-4,6-8,12H,5,9H2,1H3,(H,15,16). The highest BCUT2D eigenvalue weighted by Crippen LogP contribution is 2.30. The number of rotatable bonds is 2. The summed E-state index contributed by atoms with van der Waals surface area (Å²) in [5, 5.41) is 9.19. The Morgan fingerprint density at radius 3 is 2.69 bits per heavy atom. The number of likely N-dealkylation sites (N-methyl/N-ethyl adjacent to an activating group) is 1. The minimum atomic E-state index is -0.819. The molecule has 16 heavy (non-hydrogen) atoms. The Morgan fingerprint density at radius 1 is 1.38 bits per heavy atom. The van der Waals surface area contributed by atoms with E-state index < -0.39 is 5.97 Å². The van der Waals surface area contributed by atoms with Crippen molar-refractivity contribution in [3.63, 3.8) is 0 Å². The first-order valence-corrected chi connectivity index (χ1v) is 5.38. The van der Waals surface area contributed by atoms with Gasteiger partial charge >= 0.3 is 5.97 Å². The van der Waals surface area contributed by atoms with Crippen LogP contribution in [0.2, 0.25) is 0 Å². The lowest BCUT2D eigenvalue weighted by Gasteiger charge is -2.32. The molecular weight excluding hydrogens is 202 g/mol. The van der Waals surface area contributed by atoms with Gasteiger partial charge in [-0.3, -0.25) is 4.90 Å². The summed E-state index contributed by atoms with van der Waals surface area (Å²) >= 11 is 0. The summed E-state index contributed by atoms with van der Waals surface area (Å²) < 4.78 is 0. The fourth-order valence-corrected chi connectivity index (χ4v) is 2.18. The molecule has 0 aliphatic carbocycles. The molecule has 0 radical (unpaired) electrons. The van der Waals surface area contributed by atoms with Gasteiger partial charge in [0.25, 0.3) is 0 Å². The molecule has 0 amide bonds. The van der Waals surface area contributed by atoms with Gasteiger partial charge in [0.1, 0.15) is 0 Å². The highest BCUT2D eigenvalue weighted by Gasteiger charge is 2.28. The Hall–Kier alpha value is -1.61. The molecule has 1 aromatic rings. The third-order valence-corrected chi connectivity index (χ3v) is 2.94. The van der Waals surface area contributed by atoms with Crippen molar-refractivity contribution < 1.29 is 9.90 Å². The molecule has 2 rings (SSSR count). The van der Waals surface area contributed by atoms with Crippen LogP contribution in [0.25, 0.3) is 0 Å². The second-order valence-corrected chi connectivity index (χ2v) is 4.05. The van der Waals surface area contributed by atoms with Gasteiger partial charge in [0, 0.05) is 6.54 Å². The molecule has 84 valence electrons.